The zero-order chi connectivity index (χ0) is 14.8. The highest BCUT2D eigenvalue weighted by Gasteiger charge is 2.27. The molecule has 1 aromatic rings. The molecule has 0 spiro atoms. The van der Waals surface area contributed by atoms with Gasteiger partial charge < -0.3 is 10.2 Å². The summed E-state index contributed by atoms with van der Waals surface area (Å²) in [6.07, 6.45) is 0.198. The molecule has 5 nitrogen and oxygen atoms in total. The largest absolute Gasteiger partial charge is 0.315 e. The molecule has 1 unspecified atom stereocenters. The van der Waals surface area contributed by atoms with Crippen molar-refractivity contribution in [3.8, 4) is 0 Å². The van der Waals surface area contributed by atoms with Crippen molar-refractivity contribution in [3.63, 3.8) is 0 Å². The lowest BCUT2D eigenvalue weighted by atomic mass is 10.1. The van der Waals surface area contributed by atoms with Gasteiger partial charge in [-0.05, 0) is 18.6 Å². The van der Waals surface area contributed by atoms with Gasteiger partial charge in [-0.1, -0.05) is 18.2 Å². The Balaban J connectivity index is 2.03. The number of nitrogens with one attached hydrogen (secondary N) is 1. The molecule has 1 heterocycles. The van der Waals surface area contributed by atoms with Crippen molar-refractivity contribution in [2.45, 2.75) is 19.4 Å². The van der Waals surface area contributed by atoms with Crippen LogP contribution in [0.5, 0.6) is 0 Å². The fraction of sp³-hybridized carbons (Fsp3) is 0.500. The normalized spacial score (nSPS) is 21.4. The topological polar surface area (TPSA) is 66.5 Å². The molecule has 1 aromatic carbocycles. The lowest BCUT2D eigenvalue weighted by Gasteiger charge is -2.26. The third kappa shape index (κ3) is 3.58. The van der Waals surface area contributed by atoms with Crippen LogP contribution < -0.4 is 10.2 Å². The van der Waals surface area contributed by atoms with Gasteiger partial charge >= 0.3 is 0 Å². The summed E-state index contributed by atoms with van der Waals surface area (Å²) in [5.41, 5.74) is 1.88. The summed E-state index contributed by atoms with van der Waals surface area (Å²) in [6.45, 7) is 2.37. The van der Waals surface area contributed by atoms with Gasteiger partial charge in [-0.3, -0.25) is 4.79 Å². The Morgan fingerprint density at radius 1 is 1.40 bits per heavy atom. The van der Waals surface area contributed by atoms with Crippen LogP contribution in [0.25, 0.3) is 0 Å². The number of hydrogen-bond donors (Lipinski definition) is 1. The minimum Gasteiger partial charge on any atom is -0.315 e. The van der Waals surface area contributed by atoms with E-state index in [1.165, 1.54) is 0 Å². The zero-order valence-corrected chi connectivity index (χ0v) is 12.6. The number of sulfone groups is 1. The zero-order valence-electron chi connectivity index (χ0n) is 11.8. The van der Waals surface area contributed by atoms with Gasteiger partial charge in [0.1, 0.15) is 0 Å². The van der Waals surface area contributed by atoms with Crippen molar-refractivity contribution >= 4 is 21.4 Å². The number of carbonyl (C=O) groups is 1. The molecule has 20 heavy (non-hydrogen) atoms. The second kappa shape index (κ2) is 5.93. The number of hydrogen-bond acceptors (Lipinski definition) is 4. The monoisotopic (exact) mass is 296 g/mol. The lowest BCUT2D eigenvalue weighted by molar-refractivity contribution is -0.118. The molecular formula is C14H20N2O3S. The van der Waals surface area contributed by atoms with Gasteiger partial charge in [0.05, 0.1) is 11.5 Å². The average Bonchev–Trinajstić information content (AvgIpc) is 2.37. The van der Waals surface area contributed by atoms with E-state index in [1.807, 2.05) is 31.2 Å². The van der Waals surface area contributed by atoms with Crippen LogP contribution in [0.15, 0.2) is 24.3 Å². The number of benzene rings is 1. The maximum absolute atomic E-state index is 12.3. The van der Waals surface area contributed by atoms with Crippen molar-refractivity contribution in [1.82, 2.24) is 5.32 Å². The molecule has 0 radical (unpaired) electrons. The molecule has 1 fully saturated rings. The standard InChI is InChI=1S/C14H20N2O3S/c1-11-5-3-4-6-13(11)16(2)14(17)9-12-10-20(18,19)8-7-15-12/h3-6,12,15H,7-10H2,1-2H3. The van der Waals surface area contributed by atoms with Gasteiger partial charge in [0, 0.05) is 31.7 Å². The number of anilines is 1. The van der Waals surface area contributed by atoms with Crippen LogP contribution in [-0.2, 0) is 14.6 Å². The molecule has 1 atom stereocenters. The molecule has 110 valence electrons. The Labute approximate surface area is 119 Å². The van der Waals surface area contributed by atoms with Gasteiger partial charge in [-0.2, -0.15) is 0 Å². The molecule has 6 heteroatoms. The van der Waals surface area contributed by atoms with E-state index < -0.39 is 9.84 Å². The quantitative estimate of drug-likeness (QED) is 0.893. The van der Waals surface area contributed by atoms with Crippen molar-refractivity contribution in [3.05, 3.63) is 29.8 Å². The number of para-hydroxylation sites is 1. The van der Waals surface area contributed by atoms with E-state index in [0.717, 1.165) is 11.3 Å². The third-order valence-corrected chi connectivity index (χ3v) is 5.31. The molecule has 1 N–H and O–H groups in total. The van der Waals surface area contributed by atoms with Crippen molar-refractivity contribution < 1.29 is 13.2 Å². The summed E-state index contributed by atoms with van der Waals surface area (Å²) in [4.78, 5) is 13.9. The Bertz CT molecular complexity index is 598. The molecule has 0 aliphatic carbocycles. The molecular weight excluding hydrogens is 276 g/mol. The Kier molecular flexibility index (Phi) is 4.45. The van der Waals surface area contributed by atoms with E-state index in [9.17, 15) is 13.2 Å². The van der Waals surface area contributed by atoms with Gasteiger partial charge in [0.25, 0.3) is 0 Å². The summed E-state index contributed by atoms with van der Waals surface area (Å²) in [7, 11) is -1.29. The number of amides is 1. The maximum atomic E-state index is 12.3. The molecule has 1 aliphatic rings. The van der Waals surface area contributed by atoms with Crippen molar-refractivity contribution in [2.75, 3.05) is 30.0 Å². The Hall–Kier alpha value is -1.40. The molecule has 0 saturated carbocycles. The summed E-state index contributed by atoms with van der Waals surface area (Å²) in [5, 5.41) is 3.10. The number of carbonyl (C=O) groups excluding carboxylic acids is 1. The highest BCUT2D eigenvalue weighted by molar-refractivity contribution is 7.91. The van der Waals surface area contributed by atoms with Crippen LogP contribution >= 0.6 is 0 Å². The van der Waals surface area contributed by atoms with E-state index in [4.69, 9.17) is 0 Å². The van der Waals surface area contributed by atoms with Gasteiger partial charge in [-0.15, -0.1) is 0 Å². The third-order valence-electron chi connectivity index (χ3n) is 3.57. The first kappa shape index (κ1) is 15.0. The minimum atomic E-state index is -3.01. The Morgan fingerprint density at radius 2 is 2.10 bits per heavy atom. The second-order valence-corrected chi connectivity index (χ2v) is 7.44. The van der Waals surface area contributed by atoms with E-state index >= 15 is 0 Å². The fourth-order valence-corrected chi connectivity index (χ4v) is 3.86. The van der Waals surface area contributed by atoms with Gasteiger partial charge in [-0.25, -0.2) is 8.42 Å². The molecule has 1 aliphatic heterocycles. The summed E-state index contributed by atoms with van der Waals surface area (Å²) >= 11 is 0. The van der Waals surface area contributed by atoms with E-state index in [2.05, 4.69) is 5.32 Å². The summed E-state index contributed by atoms with van der Waals surface area (Å²) in [5.74, 6) is 0.125. The Morgan fingerprint density at radius 3 is 2.75 bits per heavy atom. The van der Waals surface area contributed by atoms with Crippen LogP contribution in [0.1, 0.15) is 12.0 Å². The minimum absolute atomic E-state index is 0.0420. The highest BCUT2D eigenvalue weighted by atomic mass is 32.2. The molecule has 1 saturated heterocycles. The predicted molar refractivity (Wildman–Crippen MR) is 79.7 cm³/mol. The fourth-order valence-electron chi connectivity index (χ4n) is 2.42. The van der Waals surface area contributed by atoms with Crippen LogP contribution in [0.3, 0.4) is 0 Å². The molecule has 0 aromatic heterocycles. The summed E-state index contributed by atoms with van der Waals surface area (Å²) < 4.78 is 23.1. The predicted octanol–water partition coefficient (Wildman–Crippen LogP) is 0.735. The van der Waals surface area contributed by atoms with Crippen LogP contribution in [0.4, 0.5) is 5.69 Å². The van der Waals surface area contributed by atoms with Crippen LogP contribution in [0.2, 0.25) is 0 Å². The van der Waals surface area contributed by atoms with Crippen molar-refractivity contribution in [2.24, 2.45) is 0 Å². The first-order chi connectivity index (χ1) is 9.39. The molecule has 1 amide bonds. The second-order valence-electron chi connectivity index (χ2n) is 5.21. The number of nitrogens with zero attached hydrogens (tertiary/aromatic N) is 1. The molecule has 2 rings (SSSR count). The maximum Gasteiger partial charge on any atom is 0.228 e. The van der Waals surface area contributed by atoms with Gasteiger partial charge in [0.2, 0.25) is 5.91 Å². The lowest BCUT2D eigenvalue weighted by Crippen LogP contribution is -2.47. The van der Waals surface area contributed by atoms with E-state index in [0.29, 0.717) is 6.54 Å². The number of aryl methyl sites for hydroxylation is 1. The average molecular weight is 296 g/mol. The van der Waals surface area contributed by atoms with Crippen LogP contribution in [0, 0.1) is 6.92 Å². The smallest absolute Gasteiger partial charge is 0.228 e. The SMILES string of the molecule is Cc1ccccc1N(C)C(=O)CC1CS(=O)(=O)CCN1. The van der Waals surface area contributed by atoms with E-state index in [-0.39, 0.29) is 29.9 Å². The summed E-state index contributed by atoms with van der Waals surface area (Å²) in [6, 6.07) is 7.36. The first-order valence-electron chi connectivity index (χ1n) is 6.65. The van der Waals surface area contributed by atoms with Gasteiger partial charge in [0.15, 0.2) is 9.84 Å². The first-order valence-corrected chi connectivity index (χ1v) is 8.47. The van der Waals surface area contributed by atoms with Crippen molar-refractivity contribution in [1.29, 1.82) is 0 Å². The highest BCUT2D eigenvalue weighted by Crippen LogP contribution is 2.19. The number of rotatable bonds is 3. The van der Waals surface area contributed by atoms with Crippen LogP contribution in [-0.4, -0.2) is 45.5 Å². The molecule has 0 bridgehead atoms. The van der Waals surface area contributed by atoms with E-state index in [1.54, 1.807) is 11.9 Å².